The predicted octanol–water partition coefficient (Wildman–Crippen LogP) is 2.79. The van der Waals surface area contributed by atoms with Crippen molar-refractivity contribution in [2.24, 2.45) is 5.92 Å². The summed E-state index contributed by atoms with van der Waals surface area (Å²) >= 11 is 0. The largest absolute Gasteiger partial charge is 0.393 e. The molecule has 0 aromatic heterocycles. The Kier molecular flexibility index (Phi) is 5.34. The molecule has 2 aromatic carbocycles. The molecule has 0 radical (unpaired) electrons. The van der Waals surface area contributed by atoms with Crippen molar-refractivity contribution in [2.45, 2.75) is 31.8 Å². The minimum Gasteiger partial charge on any atom is -0.393 e. The Labute approximate surface area is 147 Å². The van der Waals surface area contributed by atoms with Crippen molar-refractivity contribution < 1.29 is 14.7 Å². The summed E-state index contributed by atoms with van der Waals surface area (Å²) in [6.45, 7) is 0.408. The van der Waals surface area contributed by atoms with Crippen molar-refractivity contribution in [3.63, 3.8) is 0 Å². The first-order valence-electron chi connectivity index (χ1n) is 8.78. The number of fused-ring (bicyclic) bond motifs is 1. The average Bonchev–Trinajstić information content (AvgIpc) is 2.62. The maximum absolute atomic E-state index is 12.3. The number of anilines is 1. The molecular weight excluding hydrogens is 316 g/mol. The Morgan fingerprint density at radius 1 is 1.12 bits per heavy atom. The number of aliphatic hydroxyl groups excluding tert-OH is 1. The molecular formula is C20H24N2O3. The zero-order valence-corrected chi connectivity index (χ0v) is 14.4. The van der Waals surface area contributed by atoms with Crippen molar-refractivity contribution >= 4 is 28.3 Å². The van der Waals surface area contributed by atoms with E-state index in [-0.39, 0.29) is 12.0 Å². The van der Waals surface area contributed by atoms with E-state index in [2.05, 4.69) is 5.32 Å². The van der Waals surface area contributed by atoms with E-state index >= 15 is 0 Å². The van der Waals surface area contributed by atoms with Crippen LogP contribution in [0.15, 0.2) is 42.5 Å². The first-order chi connectivity index (χ1) is 12.0. The molecule has 0 aliphatic heterocycles. The number of hydrogen-bond donors (Lipinski definition) is 2. The minimum absolute atomic E-state index is 0.0520. The van der Waals surface area contributed by atoms with E-state index in [1.54, 1.807) is 13.1 Å². The Balaban J connectivity index is 1.61. The van der Waals surface area contributed by atoms with Gasteiger partial charge >= 0.3 is 11.8 Å². The van der Waals surface area contributed by atoms with Gasteiger partial charge < -0.3 is 15.3 Å². The van der Waals surface area contributed by atoms with Crippen LogP contribution in [0.1, 0.15) is 25.7 Å². The molecule has 5 nitrogen and oxygen atoms in total. The minimum atomic E-state index is -0.650. The molecule has 25 heavy (non-hydrogen) atoms. The highest BCUT2D eigenvalue weighted by molar-refractivity contribution is 6.39. The van der Waals surface area contributed by atoms with Gasteiger partial charge in [-0.15, -0.1) is 0 Å². The second-order valence-corrected chi connectivity index (χ2v) is 6.81. The molecule has 1 saturated carbocycles. The van der Waals surface area contributed by atoms with Gasteiger partial charge in [-0.2, -0.15) is 0 Å². The summed E-state index contributed by atoms with van der Waals surface area (Å²) in [6, 6.07) is 13.4. The van der Waals surface area contributed by atoms with Gasteiger partial charge in [0.1, 0.15) is 0 Å². The van der Waals surface area contributed by atoms with Crippen LogP contribution >= 0.6 is 0 Å². The van der Waals surface area contributed by atoms with Crippen LogP contribution in [0.4, 0.5) is 5.69 Å². The molecule has 3 rings (SSSR count). The molecule has 0 spiro atoms. The standard InChI is InChI=1S/C20H24N2O3/c1-22(13-16-8-4-5-9-18(16)23)20(25)19(24)21-17-11-10-14-6-2-3-7-15(14)12-17/h2-3,6-7,10-12,16,18,23H,4-5,8-9,13H2,1H3,(H,21,24). The number of carbonyl (C=O) groups excluding carboxylic acids is 2. The summed E-state index contributed by atoms with van der Waals surface area (Å²) in [7, 11) is 1.61. The zero-order chi connectivity index (χ0) is 17.8. The van der Waals surface area contributed by atoms with E-state index < -0.39 is 11.8 Å². The van der Waals surface area contributed by atoms with Gasteiger partial charge in [-0.3, -0.25) is 9.59 Å². The summed E-state index contributed by atoms with van der Waals surface area (Å²) in [5.41, 5.74) is 0.600. The van der Waals surface area contributed by atoms with Crippen molar-refractivity contribution in [1.29, 1.82) is 0 Å². The highest BCUT2D eigenvalue weighted by Gasteiger charge is 2.27. The fourth-order valence-electron chi connectivity index (χ4n) is 3.46. The van der Waals surface area contributed by atoms with Crippen LogP contribution in [0.2, 0.25) is 0 Å². The van der Waals surface area contributed by atoms with E-state index in [9.17, 15) is 14.7 Å². The van der Waals surface area contributed by atoms with E-state index in [4.69, 9.17) is 0 Å². The van der Waals surface area contributed by atoms with Crippen LogP contribution in [0.5, 0.6) is 0 Å². The topological polar surface area (TPSA) is 69.6 Å². The highest BCUT2D eigenvalue weighted by Crippen LogP contribution is 2.25. The number of rotatable bonds is 3. The Morgan fingerprint density at radius 3 is 2.60 bits per heavy atom. The molecule has 2 aromatic rings. The molecule has 2 amide bonds. The van der Waals surface area contributed by atoms with Gasteiger partial charge in [0, 0.05) is 25.2 Å². The lowest BCUT2D eigenvalue weighted by Crippen LogP contribution is -2.42. The van der Waals surface area contributed by atoms with Crippen molar-refractivity contribution in [1.82, 2.24) is 4.90 Å². The first-order valence-corrected chi connectivity index (χ1v) is 8.78. The van der Waals surface area contributed by atoms with Gasteiger partial charge in [0.25, 0.3) is 0 Å². The summed E-state index contributed by atoms with van der Waals surface area (Å²) in [4.78, 5) is 26.0. The fraction of sp³-hybridized carbons (Fsp3) is 0.400. The Morgan fingerprint density at radius 2 is 1.84 bits per heavy atom. The van der Waals surface area contributed by atoms with Gasteiger partial charge in [0.05, 0.1) is 6.10 Å². The number of hydrogen-bond acceptors (Lipinski definition) is 3. The third-order valence-electron chi connectivity index (χ3n) is 4.93. The summed E-state index contributed by atoms with van der Waals surface area (Å²) in [5.74, 6) is -1.18. The molecule has 2 N–H and O–H groups in total. The summed E-state index contributed by atoms with van der Waals surface area (Å²) in [5, 5.41) is 14.8. The molecule has 1 aliphatic carbocycles. The molecule has 2 atom stereocenters. The van der Waals surface area contributed by atoms with E-state index in [1.807, 2.05) is 36.4 Å². The summed E-state index contributed by atoms with van der Waals surface area (Å²) in [6.07, 6.45) is 3.37. The molecule has 0 heterocycles. The van der Waals surface area contributed by atoms with E-state index in [0.29, 0.717) is 12.2 Å². The number of likely N-dealkylation sites (N-methyl/N-ethyl adjacent to an activating group) is 1. The quantitative estimate of drug-likeness (QED) is 0.844. The maximum Gasteiger partial charge on any atom is 0.313 e. The molecule has 132 valence electrons. The number of carbonyl (C=O) groups is 2. The van der Waals surface area contributed by atoms with Gasteiger partial charge in [0.15, 0.2) is 0 Å². The first kappa shape index (κ1) is 17.4. The number of nitrogens with one attached hydrogen (secondary N) is 1. The molecule has 1 fully saturated rings. The van der Waals surface area contributed by atoms with Gasteiger partial charge in [-0.05, 0) is 35.7 Å². The van der Waals surface area contributed by atoms with Crippen LogP contribution in [0.25, 0.3) is 10.8 Å². The normalized spacial score (nSPS) is 20.2. The Bertz CT molecular complexity index is 774. The van der Waals surface area contributed by atoms with Gasteiger partial charge in [-0.25, -0.2) is 0 Å². The van der Waals surface area contributed by atoms with E-state index in [1.165, 1.54) is 4.90 Å². The van der Waals surface area contributed by atoms with Crippen LogP contribution in [-0.2, 0) is 9.59 Å². The highest BCUT2D eigenvalue weighted by atomic mass is 16.3. The third kappa shape index (κ3) is 4.17. The molecule has 2 unspecified atom stereocenters. The average molecular weight is 340 g/mol. The second-order valence-electron chi connectivity index (χ2n) is 6.81. The molecule has 0 saturated heterocycles. The smallest absolute Gasteiger partial charge is 0.313 e. The maximum atomic E-state index is 12.3. The van der Waals surface area contributed by atoms with Gasteiger partial charge in [-0.1, -0.05) is 43.2 Å². The van der Waals surface area contributed by atoms with Crippen molar-refractivity contribution in [3.8, 4) is 0 Å². The lowest BCUT2D eigenvalue weighted by Gasteiger charge is -2.30. The summed E-state index contributed by atoms with van der Waals surface area (Å²) < 4.78 is 0. The lowest BCUT2D eigenvalue weighted by atomic mass is 9.86. The number of amides is 2. The monoisotopic (exact) mass is 340 g/mol. The van der Waals surface area contributed by atoms with Crippen LogP contribution in [-0.4, -0.2) is 41.5 Å². The van der Waals surface area contributed by atoms with Gasteiger partial charge in [0.2, 0.25) is 0 Å². The SMILES string of the molecule is CN(CC1CCCCC1O)C(=O)C(=O)Nc1ccc2ccccc2c1. The molecule has 5 heteroatoms. The van der Waals surface area contributed by atoms with Crippen molar-refractivity contribution in [2.75, 3.05) is 18.9 Å². The second kappa shape index (κ2) is 7.66. The predicted molar refractivity (Wildman–Crippen MR) is 98.2 cm³/mol. The van der Waals surface area contributed by atoms with Crippen LogP contribution in [0.3, 0.4) is 0 Å². The van der Waals surface area contributed by atoms with Crippen molar-refractivity contribution in [3.05, 3.63) is 42.5 Å². The third-order valence-corrected chi connectivity index (χ3v) is 4.93. The Hall–Kier alpha value is -2.40. The molecule has 1 aliphatic rings. The lowest BCUT2D eigenvalue weighted by molar-refractivity contribution is -0.143. The van der Waals surface area contributed by atoms with Crippen LogP contribution < -0.4 is 5.32 Å². The van der Waals surface area contributed by atoms with E-state index in [0.717, 1.165) is 36.5 Å². The molecule has 0 bridgehead atoms. The number of nitrogens with zero attached hydrogens (tertiary/aromatic N) is 1. The fourth-order valence-corrected chi connectivity index (χ4v) is 3.46. The number of benzene rings is 2. The number of aliphatic hydroxyl groups is 1. The zero-order valence-electron chi connectivity index (χ0n) is 14.4. The van der Waals surface area contributed by atoms with Crippen LogP contribution in [0, 0.1) is 5.92 Å².